The van der Waals surface area contributed by atoms with Crippen LogP contribution in [0.2, 0.25) is 52.4 Å². The Bertz CT molecular complexity index is 3000. The Balaban J connectivity index is 1.44. The van der Waals surface area contributed by atoms with Crippen LogP contribution in [0.15, 0.2) is 212 Å². The molecule has 10 rings (SSSR count). The van der Waals surface area contributed by atoms with E-state index in [1.165, 1.54) is 0 Å². The molecule has 0 aliphatic carbocycles. The van der Waals surface area contributed by atoms with E-state index >= 15 is 0 Å². The van der Waals surface area contributed by atoms with Crippen molar-refractivity contribution >= 4 is 123 Å². The van der Waals surface area contributed by atoms with Crippen molar-refractivity contribution in [1.82, 2.24) is 0 Å². The van der Waals surface area contributed by atoms with E-state index in [9.17, 15) is 0 Å². The van der Waals surface area contributed by atoms with Gasteiger partial charge in [0.25, 0.3) is 0 Å². The molecule has 0 saturated carbocycles. The monoisotopic (exact) mass is 1160 g/mol. The lowest BCUT2D eigenvalue weighted by Gasteiger charge is -2.58. The van der Waals surface area contributed by atoms with Crippen LogP contribution in [-0.4, -0.2) is 93.9 Å². The van der Waals surface area contributed by atoms with Gasteiger partial charge in [-0.1, -0.05) is 212 Å². The Morgan fingerprint density at radius 1 is 0.270 bits per heavy atom. The number of benzene rings is 7. The highest BCUT2D eigenvalue weighted by Crippen LogP contribution is 2.44. The van der Waals surface area contributed by atoms with Gasteiger partial charge in [-0.3, -0.25) is 0 Å². The lowest BCUT2D eigenvalue weighted by Crippen LogP contribution is -2.91. The van der Waals surface area contributed by atoms with Gasteiger partial charge in [-0.05, 0) is 52.4 Å². The van der Waals surface area contributed by atoms with Gasteiger partial charge in [0, 0.05) is 43.4 Å². The van der Waals surface area contributed by atoms with Gasteiger partial charge in [-0.25, -0.2) is 0 Å². The summed E-state index contributed by atoms with van der Waals surface area (Å²) >= 11 is 0. The number of fused-ring (bicyclic) bond motifs is 3. The van der Waals surface area contributed by atoms with Crippen molar-refractivity contribution in [3.8, 4) is 0 Å². The molecule has 0 spiro atoms. The van der Waals surface area contributed by atoms with Crippen LogP contribution in [0.25, 0.3) is 0 Å². The van der Waals surface area contributed by atoms with E-state index in [2.05, 4.69) is 39.3 Å². The molecule has 4 bridgehead atoms. The van der Waals surface area contributed by atoms with Crippen molar-refractivity contribution in [2.75, 3.05) is 7.11 Å². The molecule has 3 saturated heterocycles. The second kappa shape index (κ2) is 20.5. The molecule has 7 aromatic rings. The first kappa shape index (κ1) is 53.6. The topological polar surface area (TPSA) is 120 Å². The zero-order chi connectivity index (χ0) is 52.0. The maximum atomic E-state index is 8.35. The highest BCUT2D eigenvalue weighted by atomic mass is 28.6. The van der Waals surface area contributed by atoms with Crippen LogP contribution >= 0.6 is 0 Å². The first-order valence-corrected chi connectivity index (χ1v) is 46.3. The molecule has 3 fully saturated rings. The van der Waals surface area contributed by atoms with E-state index in [-0.39, 0.29) is 0 Å². The Morgan fingerprint density at radius 2 is 0.500 bits per heavy atom. The first-order valence-electron chi connectivity index (χ1n) is 24.6. The molecule has 0 aromatic heterocycles. The molecule has 74 heavy (non-hydrogen) atoms. The summed E-state index contributed by atoms with van der Waals surface area (Å²) in [5.74, 6) is 0. The van der Waals surface area contributed by atoms with Crippen molar-refractivity contribution < 1.29 is 53.8 Å². The Labute approximate surface area is 445 Å². The third-order valence-corrected chi connectivity index (χ3v) is 50.1. The maximum Gasteiger partial charge on any atom is 0.522 e. The third-order valence-electron chi connectivity index (χ3n) is 12.0. The quantitative estimate of drug-likeness (QED) is 0.116. The highest BCUT2D eigenvalue weighted by Gasteiger charge is 2.81. The Hall–Kier alpha value is -3.81. The SMILES string of the molecule is CO[Si@]1(c2ccccc2)O[Si]2(c3ccccc3)O[Si](O[Si](C)(C)C)(c3ccccc3)O[Si]3(c4ccccc4)O[Si](O[Si](C)(C)O[Si](C)(C)C)(c4ccccc4)O[Si@@](c4ccccc4)(O[Si](c4ccccc4)(O3)O2)O1. The van der Waals surface area contributed by atoms with E-state index < -0.39 is 86.8 Å². The van der Waals surface area contributed by atoms with Crippen molar-refractivity contribution in [3.63, 3.8) is 0 Å². The van der Waals surface area contributed by atoms with Gasteiger partial charge in [-0.2, -0.15) is 0 Å². The fourth-order valence-corrected chi connectivity index (χ4v) is 59.2. The molecule has 7 atom stereocenters. The van der Waals surface area contributed by atoms with E-state index in [4.69, 9.17) is 53.8 Å². The van der Waals surface area contributed by atoms with Crippen molar-refractivity contribution in [1.29, 1.82) is 0 Å². The van der Waals surface area contributed by atoms with Gasteiger partial charge in [0.1, 0.15) is 0 Å². The van der Waals surface area contributed by atoms with Crippen LogP contribution in [0, 0.1) is 0 Å². The van der Waals surface area contributed by atoms with Crippen LogP contribution in [0.5, 0.6) is 0 Å². The first-order chi connectivity index (χ1) is 35.3. The minimum atomic E-state index is -4.90. The van der Waals surface area contributed by atoms with Gasteiger partial charge >= 0.3 is 70.2 Å². The highest BCUT2D eigenvalue weighted by molar-refractivity contribution is 7.11. The molecule has 3 aliphatic rings. The fourth-order valence-electron chi connectivity index (χ4n) is 9.35. The van der Waals surface area contributed by atoms with Crippen LogP contribution < -0.4 is 36.3 Å². The van der Waals surface area contributed by atoms with Gasteiger partial charge in [0.2, 0.25) is 0 Å². The smallest absolute Gasteiger partial charge is 0.437 e. The molecular formula is C51H62O13Si10. The van der Waals surface area contributed by atoms with Crippen molar-refractivity contribution in [2.24, 2.45) is 0 Å². The van der Waals surface area contributed by atoms with Crippen LogP contribution in [0.1, 0.15) is 0 Å². The largest absolute Gasteiger partial charge is 0.522 e. The minimum Gasteiger partial charge on any atom is -0.437 e. The molecule has 3 heterocycles. The van der Waals surface area contributed by atoms with Gasteiger partial charge in [0.05, 0.1) is 0 Å². The molecule has 13 nitrogen and oxygen atoms in total. The van der Waals surface area contributed by atoms with E-state index in [0.29, 0.717) is 36.3 Å². The second-order valence-corrected chi connectivity index (χ2v) is 53.8. The van der Waals surface area contributed by atoms with Gasteiger partial charge in [0.15, 0.2) is 16.6 Å². The summed E-state index contributed by atoms with van der Waals surface area (Å²) < 4.78 is 104. The average Bonchev–Trinajstić information content (AvgIpc) is 3.43. The molecule has 0 amide bonds. The molecule has 0 N–H and O–H groups in total. The Kier molecular flexibility index (Phi) is 14.9. The molecule has 23 heteroatoms. The summed E-state index contributed by atoms with van der Waals surface area (Å²) in [6.07, 6.45) is 0. The molecule has 0 radical (unpaired) electrons. The third kappa shape index (κ3) is 10.8. The summed E-state index contributed by atoms with van der Waals surface area (Å²) in [6.45, 7) is 16.8. The average molecular weight is 1160 g/mol. The summed E-state index contributed by atoms with van der Waals surface area (Å²) in [5.41, 5.74) is 0. The number of hydrogen-bond acceptors (Lipinski definition) is 13. The van der Waals surface area contributed by atoms with Crippen molar-refractivity contribution in [2.45, 2.75) is 52.4 Å². The standard InChI is InChI=1S/C51H62O13Si10/c1-52-68(45-31-17-10-18-32-45)56-71(48-37-23-13-24-38-48)58-69(54-66(5,6)7,46-33-19-11-20-34-46)59-73(50-41-27-15-28-42-50)61-70(47-35-21-12-22-36-47,55-67(8,9)53-65(2,3)4)60-72(57-68,49-39-25-14-26-40-49)63-74(62-71,64-73)51-43-29-16-30-44-51/h10-44H,1-9H3/t68-,69?,70?,71?,72+,73?,74?/m1/s1. The number of hydrogen-bond donors (Lipinski definition) is 0. The summed E-state index contributed by atoms with van der Waals surface area (Å²) in [4.78, 5) is 0. The lowest BCUT2D eigenvalue weighted by atomic mass is 10.4. The van der Waals surface area contributed by atoms with Crippen molar-refractivity contribution in [3.05, 3.63) is 212 Å². The normalized spacial score (nSPS) is 29.5. The zero-order valence-electron chi connectivity index (χ0n) is 43.0. The molecule has 5 unspecified atom stereocenters. The second-order valence-electron chi connectivity index (χ2n) is 20.5. The Morgan fingerprint density at radius 3 is 0.757 bits per heavy atom. The fraction of sp³-hybridized carbons (Fsp3) is 0.176. The van der Waals surface area contributed by atoms with E-state index in [0.717, 1.165) is 0 Å². The van der Waals surface area contributed by atoms with Crippen LogP contribution in [0.3, 0.4) is 0 Å². The summed E-state index contributed by atoms with van der Waals surface area (Å²) in [6, 6.07) is 67.8. The van der Waals surface area contributed by atoms with E-state index in [1.54, 1.807) is 7.11 Å². The van der Waals surface area contributed by atoms with Gasteiger partial charge < -0.3 is 53.8 Å². The summed E-state index contributed by atoms with van der Waals surface area (Å²) in [5, 5.41) is 4.03. The zero-order valence-corrected chi connectivity index (χ0v) is 53.0. The molecular weight excluding hydrogens is 1100 g/mol. The molecule has 384 valence electrons. The molecule has 3 aliphatic heterocycles. The molecule has 7 aromatic carbocycles. The predicted molar refractivity (Wildman–Crippen MR) is 307 cm³/mol. The number of rotatable bonds is 14. The predicted octanol–water partition coefficient (Wildman–Crippen LogP) is 6.17. The van der Waals surface area contributed by atoms with Gasteiger partial charge in [-0.15, -0.1) is 0 Å². The maximum absolute atomic E-state index is 8.35. The lowest BCUT2D eigenvalue weighted by molar-refractivity contribution is 0.0325. The van der Waals surface area contributed by atoms with Crippen LogP contribution in [-0.2, 0) is 53.8 Å². The summed E-state index contributed by atoms with van der Waals surface area (Å²) in [7, 11) is -40.5. The van der Waals surface area contributed by atoms with E-state index in [1.807, 2.05) is 225 Å². The minimum absolute atomic E-state index is 0.552. The van der Waals surface area contributed by atoms with Crippen LogP contribution in [0.4, 0.5) is 0 Å².